The summed E-state index contributed by atoms with van der Waals surface area (Å²) < 4.78 is 13.7. The second kappa shape index (κ2) is 6.85. The van der Waals surface area contributed by atoms with Crippen LogP contribution in [0.25, 0.3) is 0 Å². The summed E-state index contributed by atoms with van der Waals surface area (Å²) in [5.74, 6) is -0.321. The van der Waals surface area contributed by atoms with Crippen molar-refractivity contribution < 1.29 is 9.18 Å². The number of aryl methyl sites for hydroxylation is 1. The quantitative estimate of drug-likeness (QED) is 0.863. The molecule has 0 aliphatic heterocycles. The molecule has 2 aromatic rings. The molecule has 0 fully saturated rings. The third-order valence-electron chi connectivity index (χ3n) is 2.77. The predicted molar refractivity (Wildman–Crippen MR) is 80.6 cm³/mol. The molecule has 6 heteroatoms. The van der Waals surface area contributed by atoms with Gasteiger partial charge in [-0.25, -0.2) is 9.37 Å². The highest BCUT2D eigenvalue weighted by Crippen LogP contribution is 2.25. The number of carbonyl (C=O) groups excluding carboxylic acids is 1. The molecule has 0 saturated heterocycles. The van der Waals surface area contributed by atoms with Crippen LogP contribution in [0.1, 0.15) is 16.1 Å². The van der Waals surface area contributed by atoms with Crippen LogP contribution < -0.4 is 5.32 Å². The predicted octanol–water partition coefficient (Wildman–Crippen LogP) is 3.17. The van der Waals surface area contributed by atoms with Gasteiger partial charge in [0.2, 0.25) is 5.91 Å². The van der Waals surface area contributed by atoms with Gasteiger partial charge in [0, 0.05) is 11.4 Å². The molecule has 0 aliphatic carbocycles. The van der Waals surface area contributed by atoms with E-state index in [4.69, 9.17) is 0 Å². The smallest absolute Gasteiger partial charge is 0.225 e. The Kier molecular flexibility index (Phi) is 5.14. The van der Waals surface area contributed by atoms with Gasteiger partial charge in [0.25, 0.3) is 0 Å². The van der Waals surface area contributed by atoms with Crippen molar-refractivity contribution in [3.05, 3.63) is 46.2 Å². The topological polar surface area (TPSA) is 42.0 Å². The van der Waals surface area contributed by atoms with Crippen LogP contribution in [0.15, 0.2) is 28.6 Å². The minimum Gasteiger partial charge on any atom is -0.352 e. The first-order valence-electron chi connectivity index (χ1n) is 6.10. The van der Waals surface area contributed by atoms with Crippen LogP contribution in [0.3, 0.4) is 0 Å². The van der Waals surface area contributed by atoms with E-state index in [9.17, 15) is 9.18 Å². The van der Waals surface area contributed by atoms with E-state index in [-0.39, 0.29) is 11.7 Å². The zero-order valence-corrected chi connectivity index (χ0v) is 12.9. The summed E-state index contributed by atoms with van der Waals surface area (Å²) in [6.45, 7) is 2.32. The molecule has 0 radical (unpaired) electrons. The molecule has 2 rings (SSSR count). The van der Waals surface area contributed by atoms with E-state index in [2.05, 4.69) is 10.3 Å². The summed E-state index contributed by atoms with van der Waals surface area (Å²) in [6.07, 6.45) is 2.31. The van der Waals surface area contributed by atoms with Gasteiger partial charge < -0.3 is 5.32 Å². The van der Waals surface area contributed by atoms with Crippen molar-refractivity contribution in [2.75, 3.05) is 6.26 Å². The molecular formula is C14H15FN2OS2. The molecule has 0 saturated carbocycles. The molecule has 1 aromatic heterocycles. The summed E-state index contributed by atoms with van der Waals surface area (Å²) >= 11 is 3.14. The molecule has 20 heavy (non-hydrogen) atoms. The molecule has 1 N–H and O–H groups in total. The molecule has 1 aromatic carbocycles. The van der Waals surface area contributed by atoms with Gasteiger partial charge in [0.1, 0.15) is 10.2 Å². The lowest BCUT2D eigenvalue weighted by molar-refractivity contribution is -0.120. The van der Waals surface area contributed by atoms with Crippen LogP contribution in [0.5, 0.6) is 0 Å². The Balaban J connectivity index is 1.89. The average Bonchev–Trinajstić information content (AvgIpc) is 2.79. The largest absolute Gasteiger partial charge is 0.352 e. The average molecular weight is 310 g/mol. The summed E-state index contributed by atoms with van der Waals surface area (Å²) in [6, 6.07) is 6.11. The Morgan fingerprint density at radius 2 is 2.10 bits per heavy atom. The van der Waals surface area contributed by atoms with E-state index in [0.29, 0.717) is 13.0 Å². The number of rotatable bonds is 5. The lowest BCUT2D eigenvalue weighted by Gasteiger charge is -2.04. The van der Waals surface area contributed by atoms with Gasteiger partial charge in [0.05, 0.1) is 12.1 Å². The summed E-state index contributed by atoms with van der Waals surface area (Å²) in [5, 5.41) is 2.83. The fourth-order valence-corrected chi connectivity index (χ4v) is 3.32. The highest BCUT2D eigenvalue weighted by atomic mass is 32.2. The van der Waals surface area contributed by atoms with E-state index in [1.807, 2.05) is 13.2 Å². The number of hydrogen-bond donors (Lipinski definition) is 1. The maximum Gasteiger partial charge on any atom is 0.225 e. The standard InChI is InChI=1S/C14H15FN2OS2/c1-9-12(20-14(17-9)19-2)7-13(18)16-8-10-3-5-11(15)6-4-10/h3-6H,7-8H2,1-2H3,(H,16,18). The Hall–Kier alpha value is -1.40. The van der Waals surface area contributed by atoms with Crippen LogP contribution in [0.2, 0.25) is 0 Å². The Labute approximate surface area is 125 Å². The molecule has 1 amide bonds. The van der Waals surface area contributed by atoms with Crippen molar-refractivity contribution in [3.63, 3.8) is 0 Å². The van der Waals surface area contributed by atoms with Crippen molar-refractivity contribution in [2.24, 2.45) is 0 Å². The van der Waals surface area contributed by atoms with Crippen LogP contribution >= 0.6 is 23.1 Å². The zero-order chi connectivity index (χ0) is 14.5. The van der Waals surface area contributed by atoms with E-state index in [1.165, 1.54) is 12.1 Å². The van der Waals surface area contributed by atoms with Gasteiger partial charge in [-0.3, -0.25) is 4.79 Å². The molecular weight excluding hydrogens is 295 g/mol. The minimum atomic E-state index is -0.273. The Morgan fingerprint density at radius 3 is 2.70 bits per heavy atom. The molecule has 0 unspecified atom stereocenters. The van der Waals surface area contributed by atoms with E-state index in [1.54, 1.807) is 35.2 Å². The summed E-state index contributed by atoms with van der Waals surface area (Å²) in [7, 11) is 0. The summed E-state index contributed by atoms with van der Waals surface area (Å²) in [5.41, 5.74) is 1.79. The highest BCUT2D eigenvalue weighted by molar-refractivity contribution is 8.00. The number of nitrogens with zero attached hydrogens (tertiary/aromatic N) is 1. The first-order valence-corrected chi connectivity index (χ1v) is 8.14. The number of amides is 1. The number of benzene rings is 1. The van der Waals surface area contributed by atoms with E-state index < -0.39 is 0 Å². The number of hydrogen-bond acceptors (Lipinski definition) is 4. The molecule has 0 spiro atoms. The van der Waals surface area contributed by atoms with Crippen molar-refractivity contribution in [1.82, 2.24) is 10.3 Å². The molecule has 0 bridgehead atoms. The number of thioether (sulfide) groups is 1. The van der Waals surface area contributed by atoms with Gasteiger partial charge in [0.15, 0.2) is 0 Å². The number of thiazole rings is 1. The van der Waals surface area contributed by atoms with Gasteiger partial charge in [-0.2, -0.15) is 0 Å². The van der Waals surface area contributed by atoms with Crippen molar-refractivity contribution in [3.8, 4) is 0 Å². The number of halogens is 1. The molecule has 0 aliphatic rings. The van der Waals surface area contributed by atoms with Crippen LogP contribution in [0.4, 0.5) is 4.39 Å². The van der Waals surface area contributed by atoms with Crippen molar-refractivity contribution in [1.29, 1.82) is 0 Å². The van der Waals surface area contributed by atoms with Crippen molar-refractivity contribution in [2.45, 2.75) is 24.2 Å². The monoisotopic (exact) mass is 310 g/mol. The number of aromatic nitrogens is 1. The third kappa shape index (κ3) is 4.05. The second-order valence-corrected chi connectivity index (χ2v) is 6.41. The van der Waals surface area contributed by atoms with Crippen LogP contribution in [0, 0.1) is 12.7 Å². The molecule has 0 atom stereocenters. The maximum absolute atomic E-state index is 12.8. The van der Waals surface area contributed by atoms with Crippen molar-refractivity contribution >= 4 is 29.0 Å². The Bertz CT molecular complexity index is 596. The van der Waals surface area contributed by atoms with Gasteiger partial charge in [-0.15, -0.1) is 11.3 Å². The maximum atomic E-state index is 12.8. The SMILES string of the molecule is CSc1nc(C)c(CC(=O)NCc2ccc(F)cc2)s1. The fraction of sp³-hybridized carbons (Fsp3) is 0.286. The van der Waals surface area contributed by atoms with E-state index >= 15 is 0 Å². The molecule has 3 nitrogen and oxygen atoms in total. The van der Waals surface area contributed by atoms with E-state index in [0.717, 1.165) is 20.5 Å². The van der Waals surface area contributed by atoms with Crippen LogP contribution in [-0.4, -0.2) is 17.1 Å². The summed E-state index contributed by atoms with van der Waals surface area (Å²) in [4.78, 5) is 17.3. The van der Waals surface area contributed by atoms with Gasteiger partial charge >= 0.3 is 0 Å². The molecule has 1 heterocycles. The fourth-order valence-electron chi connectivity index (χ4n) is 1.66. The molecule has 106 valence electrons. The van der Waals surface area contributed by atoms with Crippen LogP contribution in [-0.2, 0) is 17.8 Å². The lowest BCUT2D eigenvalue weighted by Crippen LogP contribution is -2.24. The number of nitrogens with one attached hydrogen (secondary N) is 1. The Morgan fingerprint density at radius 1 is 1.40 bits per heavy atom. The third-order valence-corrected chi connectivity index (χ3v) is 4.91. The first kappa shape index (κ1) is 15.0. The number of carbonyl (C=O) groups is 1. The highest BCUT2D eigenvalue weighted by Gasteiger charge is 2.11. The zero-order valence-electron chi connectivity index (χ0n) is 11.3. The first-order chi connectivity index (χ1) is 9.58. The minimum absolute atomic E-state index is 0.0475. The lowest BCUT2D eigenvalue weighted by atomic mass is 10.2. The normalized spacial score (nSPS) is 10.6. The van der Waals surface area contributed by atoms with Gasteiger partial charge in [-0.1, -0.05) is 23.9 Å². The second-order valence-electron chi connectivity index (χ2n) is 4.27. The van der Waals surface area contributed by atoms with Gasteiger partial charge in [-0.05, 0) is 30.9 Å².